The van der Waals surface area contributed by atoms with Crippen LogP contribution in [0.5, 0.6) is 0 Å². The number of nitrogens with zero attached hydrogens (tertiary/aromatic N) is 1. The van der Waals surface area contributed by atoms with Crippen LogP contribution in [0.3, 0.4) is 0 Å². The summed E-state index contributed by atoms with van der Waals surface area (Å²) in [5.41, 5.74) is -0.838. The number of urea groups is 1. The van der Waals surface area contributed by atoms with Crippen LogP contribution in [0.15, 0.2) is 24.3 Å². The number of carbonyl (C=O) groups excluding carboxylic acids is 1. The highest BCUT2D eigenvalue weighted by Gasteiger charge is 2.30. The highest BCUT2D eigenvalue weighted by atomic mass is 32.2. The molecule has 29 heavy (non-hydrogen) atoms. The Morgan fingerprint density at radius 2 is 1.66 bits per heavy atom. The van der Waals surface area contributed by atoms with Gasteiger partial charge in [0.25, 0.3) is 0 Å². The maximum atomic E-state index is 12.6. The summed E-state index contributed by atoms with van der Waals surface area (Å²) in [6.07, 6.45) is -3.09. The summed E-state index contributed by atoms with van der Waals surface area (Å²) < 4.78 is 64.8. The van der Waals surface area contributed by atoms with Gasteiger partial charge in [-0.05, 0) is 57.2 Å². The standard InChI is InChI=1S/C19H28F3N3O3S/c1-18(2,3)24-17(26)25-10-8-14(9-11-25)12-23-29(27,28)13-15-4-6-16(7-5-15)19(20,21)22/h4-7,14,23H,8-13H2,1-3H3,(H,24,26). The van der Waals surface area contributed by atoms with Crippen molar-refractivity contribution in [2.24, 2.45) is 5.92 Å². The Labute approximate surface area is 169 Å². The molecule has 1 saturated heterocycles. The average Bonchev–Trinajstić information content (AvgIpc) is 2.58. The van der Waals surface area contributed by atoms with Crippen molar-refractivity contribution in [1.29, 1.82) is 0 Å². The summed E-state index contributed by atoms with van der Waals surface area (Å²) in [6.45, 7) is 7.06. The van der Waals surface area contributed by atoms with Gasteiger partial charge in [0.15, 0.2) is 0 Å². The number of amides is 2. The van der Waals surface area contributed by atoms with E-state index in [1.807, 2.05) is 20.8 Å². The molecule has 1 fully saturated rings. The predicted molar refractivity (Wildman–Crippen MR) is 105 cm³/mol. The number of halogens is 3. The molecule has 2 N–H and O–H groups in total. The highest BCUT2D eigenvalue weighted by molar-refractivity contribution is 7.88. The molecule has 1 heterocycles. The molecular weight excluding hydrogens is 407 g/mol. The minimum absolute atomic E-state index is 0.107. The van der Waals surface area contributed by atoms with Gasteiger partial charge in [0.2, 0.25) is 10.0 Å². The van der Waals surface area contributed by atoms with Crippen molar-refractivity contribution < 1.29 is 26.4 Å². The number of sulfonamides is 1. The van der Waals surface area contributed by atoms with Crippen molar-refractivity contribution in [3.8, 4) is 0 Å². The van der Waals surface area contributed by atoms with Gasteiger partial charge in [-0.2, -0.15) is 13.2 Å². The maximum absolute atomic E-state index is 12.6. The summed E-state index contributed by atoms with van der Waals surface area (Å²) in [7, 11) is -3.66. The third-order valence-corrected chi connectivity index (χ3v) is 5.93. The van der Waals surface area contributed by atoms with E-state index in [0.29, 0.717) is 31.5 Å². The van der Waals surface area contributed by atoms with Crippen LogP contribution in [0.2, 0.25) is 0 Å². The third kappa shape index (κ3) is 7.85. The lowest BCUT2D eigenvalue weighted by molar-refractivity contribution is -0.137. The zero-order valence-corrected chi connectivity index (χ0v) is 17.7. The number of piperidine rings is 1. The Kier molecular flexibility index (Phi) is 7.21. The molecule has 1 aliphatic heterocycles. The molecule has 0 saturated carbocycles. The second-order valence-electron chi connectivity index (χ2n) is 8.41. The first-order chi connectivity index (χ1) is 13.3. The summed E-state index contributed by atoms with van der Waals surface area (Å²) in [5, 5.41) is 2.91. The van der Waals surface area contributed by atoms with Crippen molar-refractivity contribution in [3.63, 3.8) is 0 Å². The van der Waals surface area contributed by atoms with Gasteiger partial charge >= 0.3 is 12.2 Å². The van der Waals surface area contributed by atoms with E-state index in [1.54, 1.807) is 4.90 Å². The van der Waals surface area contributed by atoms with Gasteiger partial charge in [-0.25, -0.2) is 17.9 Å². The van der Waals surface area contributed by atoms with Crippen molar-refractivity contribution >= 4 is 16.1 Å². The summed E-state index contributed by atoms with van der Waals surface area (Å²) >= 11 is 0. The van der Waals surface area contributed by atoms with Crippen LogP contribution in [0.4, 0.5) is 18.0 Å². The quantitative estimate of drug-likeness (QED) is 0.745. The molecule has 1 aliphatic rings. The van der Waals surface area contributed by atoms with E-state index in [2.05, 4.69) is 10.0 Å². The topological polar surface area (TPSA) is 78.5 Å². The number of hydrogen-bond donors (Lipinski definition) is 2. The van der Waals surface area contributed by atoms with E-state index in [9.17, 15) is 26.4 Å². The molecule has 0 radical (unpaired) electrons. The second kappa shape index (κ2) is 8.91. The number of alkyl halides is 3. The highest BCUT2D eigenvalue weighted by Crippen LogP contribution is 2.29. The third-order valence-electron chi connectivity index (χ3n) is 4.61. The predicted octanol–water partition coefficient (Wildman–Crippen LogP) is 3.34. The number of benzene rings is 1. The van der Waals surface area contributed by atoms with Crippen LogP contribution in [0.1, 0.15) is 44.7 Å². The SMILES string of the molecule is CC(C)(C)NC(=O)N1CCC(CNS(=O)(=O)Cc2ccc(C(F)(F)F)cc2)CC1. The van der Waals surface area contributed by atoms with E-state index in [-0.39, 0.29) is 29.8 Å². The Morgan fingerprint density at radius 3 is 2.14 bits per heavy atom. The van der Waals surface area contributed by atoms with Crippen molar-refractivity contribution in [3.05, 3.63) is 35.4 Å². The monoisotopic (exact) mass is 435 g/mol. The lowest BCUT2D eigenvalue weighted by Gasteiger charge is -2.34. The number of likely N-dealkylation sites (tertiary alicyclic amines) is 1. The molecule has 6 nitrogen and oxygen atoms in total. The van der Waals surface area contributed by atoms with Gasteiger partial charge in [-0.1, -0.05) is 12.1 Å². The van der Waals surface area contributed by atoms with Crippen LogP contribution >= 0.6 is 0 Å². The molecule has 2 amide bonds. The van der Waals surface area contributed by atoms with Crippen LogP contribution in [-0.2, 0) is 22.0 Å². The number of nitrogens with one attached hydrogen (secondary N) is 2. The van der Waals surface area contributed by atoms with E-state index in [0.717, 1.165) is 12.1 Å². The molecule has 1 aromatic rings. The molecule has 1 aromatic carbocycles. The van der Waals surface area contributed by atoms with Crippen LogP contribution < -0.4 is 10.0 Å². The maximum Gasteiger partial charge on any atom is 0.416 e. The minimum atomic E-state index is -4.45. The van der Waals surface area contributed by atoms with E-state index < -0.39 is 21.8 Å². The Bertz CT molecular complexity index is 795. The smallest absolute Gasteiger partial charge is 0.333 e. The molecule has 2 rings (SSSR count). The molecule has 0 aromatic heterocycles. The number of carbonyl (C=O) groups is 1. The van der Waals surface area contributed by atoms with Gasteiger partial charge in [-0.15, -0.1) is 0 Å². The van der Waals surface area contributed by atoms with E-state index in [1.165, 1.54) is 12.1 Å². The first-order valence-electron chi connectivity index (χ1n) is 9.46. The Morgan fingerprint density at radius 1 is 1.10 bits per heavy atom. The first kappa shape index (κ1) is 23.5. The zero-order valence-electron chi connectivity index (χ0n) is 16.8. The van der Waals surface area contributed by atoms with Gasteiger partial charge < -0.3 is 10.2 Å². The van der Waals surface area contributed by atoms with Crippen molar-refractivity contribution in [2.45, 2.75) is 51.1 Å². The van der Waals surface area contributed by atoms with Gasteiger partial charge in [0.1, 0.15) is 0 Å². The fraction of sp³-hybridized carbons (Fsp3) is 0.632. The molecule has 0 atom stereocenters. The summed E-state index contributed by atoms with van der Waals surface area (Å²) in [5.74, 6) is -0.270. The van der Waals surface area contributed by atoms with Crippen LogP contribution in [0.25, 0.3) is 0 Å². The van der Waals surface area contributed by atoms with Gasteiger partial charge in [0, 0.05) is 25.2 Å². The van der Waals surface area contributed by atoms with E-state index in [4.69, 9.17) is 0 Å². The zero-order chi connectivity index (χ0) is 21.9. The number of hydrogen-bond acceptors (Lipinski definition) is 3. The van der Waals surface area contributed by atoms with Crippen molar-refractivity contribution in [2.75, 3.05) is 19.6 Å². The summed E-state index contributed by atoms with van der Waals surface area (Å²) in [4.78, 5) is 13.9. The van der Waals surface area contributed by atoms with Gasteiger partial charge in [0.05, 0.1) is 11.3 Å². The molecule has 164 valence electrons. The van der Waals surface area contributed by atoms with Crippen molar-refractivity contribution in [1.82, 2.24) is 14.9 Å². The largest absolute Gasteiger partial charge is 0.416 e. The second-order valence-corrected chi connectivity index (χ2v) is 10.2. The van der Waals surface area contributed by atoms with Crippen LogP contribution in [0, 0.1) is 5.92 Å². The molecule has 10 heteroatoms. The van der Waals surface area contributed by atoms with E-state index >= 15 is 0 Å². The Balaban J connectivity index is 1.80. The summed E-state index contributed by atoms with van der Waals surface area (Å²) in [6, 6.07) is 3.98. The molecule has 0 unspecified atom stereocenters. The fourth-order valence-corrected chi connectivity index (χ4v) is 4.27. The molecule has 0 bridgehead atoms. The first-order valence-corrected chi connectivity index (χ1v) is 11.1. The average molecular weight is 436 g/mol. The fourth-order valence-electron chi connectivity index (χ4n) is 3.05. The minimum Gasteiger partial charge on any atom is -0.333 e. The normalized spacial score (nSPS) is 16.7. The Hall–Kier alpha value is -1.81. The molecule has 0 spiro atoms. The number of rotatable bonds is 5. The lowest BCUT2D eigenvalue weighted by atomic mass is 9.97. The van der Waals surface area contributed by atoms with Gasteiger partial charge in [-0.3, -0.25) is 0 Å². The lowest BCUT2D eigenvalue weighted by Crippen LogP contribution is -2.51. The molecular formula is C19H28F3N3O3S. The van der Waals surface area contributed by atoms with Crippen LogP contribution in [-0.4, -0.2) is 44.5 Å². The molecule has 0 aliphatic carbocycles.